The third-order valence-electron chi connectivity index (χ3n) is 9.93. The number of carbonyl (C=O) groups is 5. The fourth-order valence-corrected chi connectivity index (χ4v) is 6.98. The van der Waals surface area contributed by atoms with Crippen LogP contribution < -0.4 is 21.3 Å². The minimum absolute atomic E-state index is 0.000841. The second kappa shape index (κ2) is 17.9. The number of amides is 5. The highest BCUT2D eigenvalue weighted by molar-refractivity contribution is 7.89. The second-order valence-electron chi connectivity index (χ2n) is 15.3. The summed E-state index contributed by atoms with van der Waals surface area (Å²) in [5.74, 6) is -2.29. The van der Waals surface area contributed by atoms with Crippen LogP contribution in [-0.4, -0.2) is 116 Å². The first kappa shape index (κ1) is 40.6. The normalized spacial score (nSPS) is 25.8. The number of ketones is 1. The van der Waals surface area contributed by atoms with Crippen molar-refractivity contribution in [3.63, 3.8) is 0 Å². The van der Waals surface area contributed by atoms with Gasteiger partial charge in [-0.1, -0.05) is 60.3 Å². The second-order valence-corrected chi connectivity index (χ2v) is 17.7. The Kier molecular flexibility index (Phi) is 14.9. The highest BCUT2D eigenvalue weighted by Gasteiger charge is 2.44. The lowest BCUT2D eigenvalue weighted by Crippen LogP contribution is -2.60. The SMILES string of the molecule is CCS(=O)(=O)N(C)C[C@@H](NC(=O)N[C@H]1COCCCCCCC[C@@H](C(=O)C(=O)NC2CC2)NC(=O)[C@@H]2C[C@@H](C(C)C)CN2C1=O)C(C)(C)C. The number of fused-ring (bicyclic) bond motifs is 1. The first-order valence-electron chi connectivity index (χ1n) is 18.0. The molecule has 4 N–H and O–H groups in total. The van der Waals surface area contributed by atoms with E-state index in [-0.39, 0.29) is 43.3 Å². The third-order valence-corrected chi connectivity index (χ3v) is 11.8. The number of hydrogen-bond acceptors (Lipinski definition) is 8. The Morgan fingerprint density at radius 1 is 1.02 bits per heavy atom. The van der Waals surface area contributed by atoms with Gasteiger partial charge in [-0.15, -0.1) is 0 Å². The fraction of sp³-hybridized carbons (Fsp3) is 0.853. The van der Waals surface area contributed by atoms with Gasteiger partial charge in [0.15, 0.2) is 0 Å². The van der Waals surface area contributed by atoms with E-state index in [1.54, 1.807) is 6.92 Å². The summed E-state index contributed by atoms with van der Waals surface area (Å²) in [6, 6.07) is -4.29. The molecule has 3 fully saturated rings. The molecule has 5 atom stereocenters. The largest absolute Gasteiger partial charge is 0.379 e. The molecule has 0 spiro atoms. The molecule has 14 nitrogen and oxygen atoms in total. The van der Waals surface area contributed by atoms with E-state index in [4.69, 9.17) is 4.74 Å². The number of urea groups is 1. The van der Waals surface area contributed by atoms with E-state index < -0.39 is 69.1 Å². The van der Waals surface area contributed by atoms with Gasteiger partial charge in [0.25, 0.3) is 5.91 Å². The Labute approximate surface area is 292 Å². The number of rotatable bonds is 10. The van der Waals surface area contributed by atoms with Crippen molar-refractivity contribution in [3.05, 3.63) is 0 Å². The average Bonchev–Trinajstić information content (AvgIpc) is 3.73. The number of nitrogens with zero attached hydrogens (tertiary/aromatic N) is 2. The van der Waals surface area contributed by atoms with Crippen LogP contribution in [0.5, 0.6) is 0 Å². The molecule has 5 amide bonds. The Bertz CT molecular complexity index is 1280. The number of hydrogen-bond donors (Lipinski definition) is 4. The number of carbonyl (C=O) groups excluding carboxylic acids is 5. The Morgan fingerprint density at radius 3 is 2.29 bits per heavy atom. The van der Waals surface area contributed by atoms with Crippen LogP contribution in [0.4, 0.5) is 4.79 Å². The van der Waals surface area contributed by atoms with Gasteiger partial charge in [-0.25, -0.2) is 17.5 Å². The number of likely N-dealkylation sites (N-methyl/N-ethyl adjacent to an activating group) is 1. The van der Waals surface area contributed by atoms with E-state index in [2.05, 4.69) is 21.3 Å². The van der Waals surface area contributed by atoms with Crippen LogP contribution in [0.25, 0.3) is 0 Å². The van der Waals surface area contributed by atoms with Gasteiger partial charge in [-0.2, -0.15) is 0 Å². The van der Waals surface area contributed by atoms with Crippen molar-refractivity contribution < 1.29 is 37.1 Å². The quantitative estimate of drug-likeness (QED) is 0.248. The standard InChI is InChI=1S/C34H60N6O8S/c1-8-49(46,47)39(7)20-28(34(4,5)6)38-33(45)37-26-21-48-17-13-11-9-10-12-14-25(29(41)31(43)35-24-15-16-24)36-30(42)27-18-23(22(2)3)19-40(27)32(26)44/h22-28H,8-21H2,1-7H3,(H,35,43)(H,36,42)(H2,37,38,45)/t23-,25+,26+,27+,28-/m1/s1. The van der Waals surface area contributed by atoms with Gasteiger partial charge in [0, 0.05) is 38.8 Å². The van der Waals surface area contributed by atoms with Crippen LogP contribution in [0, 0.1) is 17.3 Å². The molecule has 1 aliphatic carbocycles. The number of sulfonamides is 1. The zero-order chi connectivity index (χ0) is 36.5. The lowest BCUT2D eigenvalue weighted by atomic mass is 9.87. The highest BCUT2D eigenvalue weighted by Crippen LogP contribution is 2.30. The predicted octanol–water partition coefficient (Wildman–Crippen LogP) is 1.93. The van der Waals surface area contributed by atoms with Gasteiger partial charge < -0.3 is 30.9 Å². The van der Waals surface area contributed by atoms with E-state index in [9.17, 15) is 32.4 Å². The van der Waals surface area contributed by atoms with Gasteiger partial charge in [0.1, 0.15) is 12.1 Å². The van der Waals surface area contributed by atoms with E-state index in [0.29, 0.717) is 25.9 Å². The molecule has 49 heavy (non-hydrogen) atoms. The molecule has 0 unspecified atom stereocenters. The Hall–Kier alpha value is -2.78. The summed E-state index contributed by atoms with van der Waals surface area (Å²) in [6.07, 6.45) is 6.30. The zero-order valence-electron chi connectivity index (χ0n) is 30.5. The molecule has 0 bridgehead atoms. The lowest BCUT2D eigenvalue weighted by Gasteiger charge is -2.35. The van der Waals surface area contributed by atoms with Crippen LogP contribution in [0.3, 0.4) is 0 Å². The van der Waals surface area contributed by atoms with Crippen molar-refractivity contribution >= 4 is 39.6 Å². The molecule has 3 aliphatic rings. The van der Waals surface area contributed by atoms with Gasteiger partial charge >= 0.3 is 6.03 Å². The topological polar surface area (TPSA) is 183 Å². The van der Waals surface area contributed by atoms with Crippen LogP contribution in [0.2, 0.25) is 0 Å². The Balaban J connectivity index is 1.85. The van der Waals surface area contributed by atoms with Crippen molar-refractivity contribution in [3.8, 4) is 0 Å². The van der Waals surface area contributed by atoms with Gasteiger partial charge in [0.2, 0.25) is 27.6 Å². The monoisotopic (exact) mass is 712 g/mol. The highest BCUT2D eigenvalue weighted by atomic mass is 32.2. The molecule has 0 aromatic carbocycles. The maximum Gasteiger partial charge on any atom is 0.315 e. The molecule has 0 aromatic rings. The fourth-order valence-electron chi connectivity index (χ4n) is 6.17. The molecule has 0 aromatic heterocycles. The molecular formula is C34H60N6O8S. The molecule has 2 aliphatic heterocycles. The van der Waals surface area contributed by atoms with E-state index in [0.717, 1.165) is 38.5 Å². The van der Waals surface area contributed by atoms with Crippen molar-refractivity contribution in [2.45, 2.75) is 130 Å². The predicted molar refractivity (Wildman–Crippen MR) is 186 cm³/mol. The smallest absolute Gasteiger partial charge is 0.315 e. The number of Topliss-reactive ketones (excluding diaryl/α,β-unsaturated/α-hetero) is 1. The van der Waals surface area contributed by atoms with Crippen molar-refractivity contribution in [1.82, 2.24) is 30.5 Å². The summed E-state index contributed by atoms with van der Waals surface area (Å²) in [6.45, 7) is 11.8. The van der Waals surface area contributed by atoms with Crippen LogP contribution in [0.15, 0.2) is 0 Å². The van der Waals surface area contributed by atoms with Crippen LogP contribution in [0.1, 0.15) is 99.3 Å². The van der Waals surface area contributed by atoms with Gasteiger partial charge in [-0.3, -0.25) is 19.2 Å². The van der Waals surface area contributed by atoms with Crippen molar-refractivity contribution in [2.75, 3.05) is 39.1 Å². The van der Waals surface area contributed by atoms with Crippen LogP contribution >= 0.6 is 0 Å². The average molecular weight is 713 g/mol. The molecule has 3 rings (SSSR count). The summed E-state index contributed by atoms with van der Waals surface area (Å²) >= 11 is 0. The minimum atomic E-state index is -3.50. The van der Waals surface area contributed by atoms with Gasteiger partial charge in [0.05, 0.1) is 18.4 Å². The molecule has 2 saturated heterocycles. The third kappa shape index (κ3) is 12.2. The Morgan fingerprint density at radius 2 is 1.67 bits per heavy atom. The van der Waals surface area contributed by atoms with Crippen LogP contribution in [-0.2, 0) is 33.9 Å². The minimum Gasteiger partial charge on any atom is -0.379 e. The summed E-state index contributed by atoms with van der Waals surface area (Å²) in [7, 11) is -2.03. The summed E-state index contributed by atoms with van der Waals surface area (Å²) in [5.41, 5.74) is -0.526. The molecular weight excluding hydrogens is 652 g/mol. The molecule has 15 heteroatoms. The zero-order valence-corrected chi connectivity index (χ0v) is 31.3. The maximum absolute atomic E-state index is 14.3. The number of ether oxygens (including phenoxy) is 1. The first-order valence-corrected chi connectivity index (χ1v) is 19.6. The molecule has 280 valence electrons. The van der Waals surface area contributed by atoms with Crippen molar-refractivity contribution in [2.24, 2.45) is 17.3 Å². The molecule has 2 heterocycles. The molecule has 1 saturated carbocycles. The van der Waals surface area contributed by atoms with E-state index in [1.165, 1.54) is 16.3 Å². The molecule has 0 radical (unpaired) electrons. The van der Waals surface area contributed by atoms with E-state index in [1.807, 2.05) is 34.6 Å². The number of nitrogens with one attached hydrogen (secondary N) is 4. The van der Waals surface area contributed by atoms with Gasteiger partial charge in [-0.05, 0) is 56.3 Å². The maximum atomic E-state index is 14.3. The van der Waals surface area contributed by atoms with E-state index >= 15 is 0 Å². The summed E-state index contributed by atoms with van der Waals surface area (Å²) < 4.78 is 32.1. The first-order chi connectivity index (χ1) is 22.9. The van der Waals surface area contributed by atoms with Crippen molar-refractivity contribution in [1.29, 1.82) is 0 Å². The lowest BCUT2D eigenvalue weighted by molar-refractivity contribution is -0.143. The summed E-state index contributed by atoms with van der Waals surface area (Å²) in [4.78, 5) is 69.1. The summed E-state index contributed by atoms with van der Waals surface area (Å²) in [5, 5.41) is 11.2.